The number of ether oxygens (including phenoxy) is 4. The molecule has 0 bridgehead atoms. The van der Waals surface area contributed by atoms with E-state index in [0.29, 0.717) is 21.5 Å². The molecule has 0 aliphatic rings. The van der Waals surface area contributed by atoms with Gasteiger partial charge in [0.25, 0.3) is 0 Å². The second-order valence-corrected chi connectivity index (χ2v) is 11.9. The van der Waals surface area contributed by atoms with Crippen molar-refractivity contribution in [2.75, 3.05) is 0 Å². The van der Waals surface area contributed by atoms with Crippen LogP contribution >= 0.6 is 23.2 Å². The summed E-state index contributed by atoms with van der Waals surface area (Å²) in [5.74, 6) is 1.48. The highest BCUT2D eigenvalue weighted by Gasteiger charge is 2.18. The number of hydrogen-bond donors (Lipinski definition) is 0. The molecule has 0 unspecified atom stereocenters. The molecule has 0 N–H and O–H groups in total. The van der Waals surface area contributed by atoms with Gasteiger partial charge in [0.15, 0.2) is 11.5 Å². The topological polar surface area (TPSA) is 71.1 Å². The van der Waals surface area contributed by atoms with Crippen molar-refractivity contribution in [3.8, 4) is 23.0 Å². The monoisotopic (exact) mass is 696 g/mol. The van der Waals surface area contributed by atoms with E-state index in [-0.39, 0.29) is 11.5 Å². The Morgan fingerprint density at radius 3 is 1.08 bits per heavy atom. The Balaban J connectivity index is 0.000000157. The van der Waals surface area contributed by atoms with Gasteiger partial charge in [-0.1, -0.05) is 157 Å². The zero-order valence-corrected chi connectivity index (χ0v) is 27.7. The third-order valence-electron chi connectivity index (χ3n) is 7.92. The van der Waals surface area contributed by atoms with Gasteiger partial charge in [-0.05, 0) is 45.8 Å². The Bertz CT molecular complexity index is 2350. The van der Waals surface area contributed by atoms with Crippen molar-refractivity contribution in [2.24, 2.45) is 0 Å². The molecule has 50 heavy (non-hydrogen) atoms. The van der Waals surface area contributed by atoms with Crippen LogP contribution in [0.1, 0.15) is 0 Å². The first kappa shape index (κ1) is 32.5. The summed E-state index contributed by atoms with van der Waals surface area (Å²) < 4.78 is 21.7. The lowest BCUT2D eigenvalue weighted by Gasteiger charge is -2.12. The number of carbonyl (C=O) groups is 2. The lowest BCUT2D eigenvalue weighted by Crippen LogP contribution is -2.14. The normalized spacial score (nSPS) is 10.8. The maximum absolute atomic E-state index is 12.4. The van der Waals surface area contributed by atoms with Crippen molar-refractivity contribution >= 4 is 78.6 Å². The Labute approximate surface area is 296 Å². The van der Waals surface area contributed by atoms with E-state index in [9.17, 15) is 9.59 Å². The molecule has 0 amide bonds. The number of carbonyl (C=O) groups excluding carboxylic acids is 2. The summed E-state index contributed by atoms with van der Waals surface area (Å²) in [6.45, 7) is 0. The third-order valence-corrected chi connectivity index (χ3v) is 8.51. The van der Waals surface area contributed by atoms with Crippen LogP contribution in [-0.2, 0) is 0 Å². The van der Waals surface area contributed by atoms with Crippen LogP contribution in [0.15, 0.2) is 158 Å². The molecule has 0 spiro atoms. The SMILES string of the molecule is O=C(Oc1c(Cl)ccc2ccccc12)Oc1c(Cl)ccc2ccccc12.O=C(Oc1cccc2ccccc12)Oc1cccc2ccccc12. The Morgan fingerprint density at radius 2 is 0.660 bits per heavy atom. The highest BCUT2D eigenvalue weighted by atomic mass is 35.5. The summed E-state index contributed by atoms with van der Waals surface area (Å²) in [4.78, 5) is 24.6. The number of hydrogen-bond acceptors (Lipinski definition) is 6. The predicted molar refractivity (Wildman–Crippen MR) is 199 cm³/mol. The van der Waals surface area contributed by atoms with Crippen LogP contribution in [0.4, 0.5) is 9.59 Å². The molecule has 0 heterocycles. The standard InChI is InChI=1S/C21H12Cl2O3.C21H14O3/c22-17-11-9-13-5-1-3-7-15(13)19(17)25-21(24)26-20-16-8-4-2-6-14(16)10-12-18(20)23;22-21(23-19-13-5-9-15-7-1-3-11-17(15)19)24-20-14-6-10-16-8-2-4-12-18(16)20/h1-12H;1-14H. The molecule has 8 aromatic rings. The van der Waals surface area contributed by atoms with Crippen molar-refractivity contribution in [3.05, 3.63) is 168 Å². The largest absolute Gasteiger partial charge is 0.519 e. The molecule has 6 nitrogen and oxygen atoms in total. The lowest BCUT2D eigenvalue weighted by atomic mass is 10.1. The zero-order valence-electron chi connectivity index (χ0n) is 26.2. The molecular weight excluding hydrogens is 671 g/mol. The molecule has 8 rings (SSSR count). The fraction of sp³-hybridized carbons (Fsp3) is 0. The average molecular weight is 698 g/mol. The fourth-order valence-corrected chi connectivity index (χ4v) is 6.00. The van der Waals surface area contributed by atoms with Crippen molar-refractivity contribution in [2.45, 2.75) is 0 Å². The van der Waals surface area contributed by atoms with E-state index in [1.54, 1.807) is 24.3 Å². The smallest absolute Gasteiger partial charge is 0.394 e. The van der Waals surface area contributed by atoms with Crippen molar-refractivity contribution < 1.29 is 28.5 Å². The van der Waals surface area contributed by atoms with Crippen molar-refractivity contribution in [3.63, 3.8) is 0 Å². The van der Waals surface area contributed by atoms with Gasteiger partial charge in [-0.3, -0.25) is 0 Å². The third kappa shape index (κ3) is 7.03. The van der Waals surface area contributed by atoms with Gasteiger partial charge in [0.1, 0.15) is 11.5 Å². The van der Waals surface area contributed by atoms with Gasteiger partial charge in [0.2, 0.25) is 0 Å². The second kappa shape index (κ2) is 14.6. The van der Waals surface area contributed by atoms with Crippen LogP contribution in [0, 0.1) is 0 Å². The highest BCUT2D eigenvalue weighted by Crippen LogP contribution is 2.36. The van der Waals surface area contributed by atoms with Crippen molar-refractivity contribution in [1.82, 2.24) is 0 Å². The van der Waals surface area contributed by atoms with Crippen LogP contribution in [-0.4, -0.2) is 12.3 Å². The van der Waals surface area contributed by atoms with E-state index in [0.717, 1.165) is 43.1 Å². The molecule has 0 radical (unpaired) electrons. The zero-order chi connectivity index (χ0) is 34.5. The van der Waals surface area contributed by atoms with Crippen LogP contribution in [0.2, 0.25) is 10.0 Å². The molecule has 0 saturated heterocycles. The molecular formula is C42H26Cl2O6. The first-order valence-electron chi connectivity index (χ1n) is 15.5. The molecule has 8 heteroatoms. The van der Waals surface area contributed by atoms with Crippen LogP contribution in [0.3, 0.4) is 0 Å². The predicted octanol–water partition coefficient (Wildman–Crippen LogP) is 12.4. The van der Waals surface area contributed by atoms with E-state index in [1.807, 2.05) is 133 Å². The molecule has 0 aliphatic carbocycles. The van der Waals surface area contributed by atoms with Gasteiger partial charge >= 0.3 is 12.3 Å². The summed E-state index contributed by atoms with van der Waals surface area (Å²) in [5.41, 5.74) is 0. The lowest BCUT2D eigenvalue weighted by molar-refractivity contribution is 0.152. The number of halogens is 2. The Morgan fingerprint density at radius 1 is 0.340 bits per heavy atom. The highest BCUT2D eigenvalue weighted by molar-refractivity contribution is 6.34. The van der Waals surface area contributed by atoms with E-state index >= 15 is 0 Å². The summed E-state index contributed by atoms with van der Waals surface area (Å²) in [7, 11) is 0. The van der Waals surface area contributed by atoms with E-state index < -0.39 is 12.3 Å². The quantitative estimate of drug-likeness (QED) is 0.135. The number of fused-ring (bicyclic) bond motifs is 4. The van der Waals surface area contributed by atoms with Gasteiger partial charge in [0, 0.05) is 21.5 Å². The van der Waals surface area contributed by atoms with E-state index in [4.69, 9.17) is 42.1 Å². The minimum atomic E-state index is -0.901. The fourth-order valence-electron chi connectivity index (χ4n) is 5.60. The maximum Gasteiger partial charge on any atom is 0.519 e. The molecule has 0 fully saturated rings. The van der Waals surface area contributed by atoms with Gasteiger partial charge in [-0.25, -0.2) is 9.59 Å². The molecule has 0 aromatic heterocycles. The van der Waals surface area contributed by atoms with Gasteiger partial charge in [-0.2, -0.15) is 0 Å². The minimum absolute atomic E-state index is 0.256. The summed E-state index contributed by atoms with van der Waals surface area (Å²) in [5, 5.41) is 7.66. The summed E-state index contributed by atoms with van der Waals surface area (Å²) in [6, 6.07) is 48.7. The average Bonchev–Trinajstić information content (AvgIpc) is 3.14. The molecule has 0 aliphatic heterocycles. The maximum atomic E-state index is 12.4. The molecule has 0 saturated carbocycles. The number of rotatable bonds is 4. The van der Waals surface area contributed by atoms with Gasteiger partial charge < -0.3 is 18.9 Å². The molecule has 0 atom stereocenters. The van der Waals surface area contributed by atoms with E-state index in [1.165, 1.54) is 0 Å². The molecule has 244 valence electrons. The van der Waals surface area contributed by atoms with Crippen LogP contribution in [0.5, 0.6) is 23.0 Å². The van der Waals surface area contributed by atoms with E-state index in [2.05, 4.69) is 0 Å². The van der Waals surface area contributed by atoms with Crippen LogP contribution < -0.4 is 18.9 Å². The van der Waals surface area contributed by atoms with Crippen LogP contribution in [0.25, 0.3) is 43.1 Å². The van der Waals surface area contributed by atoms with Gasteiger partial charge in [0.05, 0.1) is 10.0 Å². The summed E-state index contributed by atoms with van der Waals surface area (Å²) >= 11 is 12.4. The second-order valence-electron chi connectivity index (χ2n) is 11.1. The minimum Gasteiger partial charge on any atom is -0.394 e. The first-order chi connectivity index (χ1) is 24.4. The van der Waals surface area contributed by atoms with Crippen molar-refractivity contribution in [1.29, 1.82) is 0 Å². The first-order valence-corrected chi connectivity index (χ1v) is 16.3. The van der Waals surface area contributed by atoms with Gasteiger partial charge in [-0.15, -0.1) is 0 Å². The Kier molecular flexibility index (Phi) is 9.47. The molecule has 8 aromatic carbocycles. The number of benzene rings is 8. The Hall–Kier alpha value is -6.08. The summed E-state index contributed by atoms with van der Waals surface area (Å²) in [6.07, 6.45) is -1.65.